The molecule has 0 spiro atoms. The van der Waals surface area contributed by atoms with Crippen LogP contribution in [0.3, 0.4) is 0 Å². The third-order valence-corrected chi connectivity index (χ3v) is 2.81. The van der Waals surface area contributed by atoms with Gasteiger partial charge in [0.2, 0.25) is 0 Å². The van der Waals surface area contributed by atoms with Gasteiger partial charge in [-0.05, 0) is 20.0 Å². The summed E-state index contributed by atoms with van der Waals surface area (Å²) in [6, 6.07) is 6.10. The summed E-state index contributed by atoms with van der Waals surface area (Å²) in [6.07, 6.45) is 0. The van der Waals surface area contributed by atoms with Gasteiger partial charge in [-0.3, -0.25) is 0 Å². The van der Waals surface area contributed by atoms with Gasteiger partial charge in [-0.25, -0.2) is 0 Å². The number of nitrogens with one attached hydrogen (secondary N) is 1. The van der Waals surface area contributed by atoms with E-state index in [1.54, 1.807) is 0 Å². The minimum atomic E-state index is 0.131. The quantitative estimate of drug-likeness (QED) is 0.847. The Labute approximate surface area is 102 Å². The van der Waals surface area contributed by atoms with E-state index in [1.165, 1.54) is 0 Å². The minimum absolute atomic E-state index is 0.131. The summed E-state index contributed by atoms with van der Waals surface area (Å²) < 4.78 is 16.7. The van der Waals surface area contributed by atoms with Crippen molar-refractivity contribution in [3.63, 3.8) is 0 Å². The number of fused-ring (bicyclic) bond motifs is 1. The molecule has 4 nitrogen and oxygen atoms in total. The number of ether oxygens (including phenoxy) is 3. The van der Waals surface area contributed by atoms with E-state index in [4.69, 9.17) is 14.2 Å². The van der Waals surface area contributed by atoms with E-state index in [9.17, 15) is 0 Å². The zero-order valence-electron chi connectivity index (χ0n) is 10.4. The molecule has 1 N–H and O–H groups in total. The second kappa shape index (κ2) is 5.89. The predicted octanol–water partition coefficient (Wildman–Crippen LogP) is 1.75. The lowest BCUT2D eigenvalue weighted by atomic mass is 10.1. The molecule has 4 heteroatoms. The number of hydrogen-bond acceptors (Lipinski definition) is 4. The second-order valence-corrected chi connectivity index (χ2v) is 3.87. The van der Waals surface area contributed by atoms with Gasteiger partial charge in [-0.1, -0.05) is 12.1 Å². The fourth-order valence-electron chi connectivity index (χ4n) is 1.94. The third-order valence-electron chi connectivity index (χ3n) is 2.81. The zero-order valence-corrected chi connectivity index (χ0v) is 10.4. The molecule has 0 aliphatic carbocycles. The first-order valence-corrected chi connectivity index (χ1v) is 6.00. The van der Waals surface area contributed by atoms with Crippen molar-refractivity contribution in [2.24, 2.45) is 0 Å². The maximum absolute atomic E-state index is 5.70. The standard InChI is InChI=1S/C13H19NO3/c1-3-15-9-11(14-2)10-5-4-6-12-13(10)17-8-7-16-12/h4-6,11,14H,3,7-9H2,1-2H3. The van der Waals surface area contributed by atoms with E-state index in [0.29, 0.717) is 26.4 Å². The van der Waals surface area contributed by atoms with Crippen LogP contribution in [-0.2, 0) is 4.74 Å². The Kier molecular flexibility index (Phi) is 4.23. The summed E-state index contributed by atoms with van der Waals surface area (Å²) in [6.45, 7) is 4.56. The molecule has 1 unspecified atom stereocenters. The zero-order chi connectivity index (χ0) is 12.1. The Hall–Kier alpha value is -1.26. The molecule has 0 radical (unpaired) electrons. The van der Waals surface area contributed by atoms with Crippen LogP contribution >= 0.6 is 0 Å². The van der Waals surface area contributed by atoms with Crippen LogP contribution in [0.25, 0.3) is 0 Å². The van der Waals surface area contributed by atoms with Crippen LogP contribution in [0.1, 0.15) is 18.5 Å². The highest BCUT2D eigenvalue weighted by Crippen LogP contribution is 2.36. The van der Waals surface area contributed by atoms with Crippen molar-refractivity contribution in [1.29, 1.82) is 0 Å². The normalized spacial score (nSPS) is 15.6. The Balaban J connectivity index is 2.23. The Bertz CT molecular complexity index is 368. The van der Waals surface area contributed by atoms with E-state index in [0.717, 1.165) is 17.1 Å². The first-order chi connectivity index (χ1) is 8.36. The number of likely N-dealkylation sites (N-methyl/N-ethyl adjacent to an activating group) is 1. The molecule has 17 heavy (non-hydrogen) atoms. The summed E-state index contributed by atoms with van der Waals surface area (Å²) in [5.74, 6) is 1.67. The van der Waals surface area contributed by atoms with Gasteiger partial charge in [-0.2, -0.15) is 0 Å². The average Bonchev–Trinajstić information content (AvgIpc) is 2.40. The van der Waals surface area contributed by atoms with Crippen molar-refractivity contribution in [2.45, 2.75) is 13.0 Å². The van der Waals surface area contributed by atoms with E-state index in [2.05, 4.69) is 5.32 Å². The molecule has 1 aliphatic rings. The van der Waals surface area contributed by atoms with Crippen LogP contribution in [0.15, 0.2) is 18.2 Å². The van der Waals surface area contributed by atoms with Crippen LogP contribution < -0.4 is 14.8 Å². The van der Waals surface area contributed by atoms with Crippen molar-refractivity contribution in [3.05, 3.63) is 23.8 Å². The first-order valence-electron chi connectivity index (χ1n) is 6.00. The van der Waals surface area contributed by atoms with Crippen LogP contribution in [-0.4, -0.2) is 33.5 Å². The van der Waals surface area contributed by atoms with E-state index >= 15 is 0 Å². The summed E-state index contributed by atoms with van der Waals surface area (Å²) in [4.78, 5) is 0. The van der Waals surface area contributed by atoms with Gasteiger partial charge in [-0.15, -0.1) is 0 Å². The molecule has 1 aliphatic heterocycles. The Morgan fingerprint density at radius 2 is 2.18 bits per heavy atom. The lowest BCUT2D eigenvalue weighted by molar-refractivity contribution is 0.121. The topological polar surface area (TPSA) is 39.7 Å². The van der Waals surface area contributed by atoms with Crippen LogP contribution in [0.5, 0.6) is 11.5 Å². The number of hydrogen-bond donors (Lipinski definition) is 1. The molecule has 1 aromatic rings. The van der Waals surface area contributed by atoms with Crippen molar-refractivity contribution < 1.29 is 14.2 Å². The van der Waals surface area contributed by atoms with Gasteiger partial charge in [0.15, 0.2) is 11.5 Å². The van der Waals surface area contributed by atoms with Gasteiger partial charge in [0.05, 0.1) is 12.6 Å². The highest BCUT2D eigenvalue weighted by Gasteiger charge is 2.20. The van der Waals surface area contributed by atoms with Gasteiger partial charge < -0.3 is 19.5 Å². The second-order valence-electron chi connectivity index (χ2n) is 3.87. The highest BCUT2D eigenvalue weighted by molar-refractivity contribution is 5.48. The number of benzene rings is 1. The van der Waals surface area contributed by atoms with Gasteiger partial charge >= 0.3 is 0 Å². The van der Waals surface area contributed by atoms with Crippen LogP contribution in [0.4, 0.5) is 0 Å². The molecule has 0 saturated heterocycles. The predicted molar refractivity (Wildman–Crippen MR) is 65.7 cm³/mol. The molecule has 0 fully saturated rings. The molecule has 1 aromatic carbocycles. The molecule has 2 rings (SSSR count). The third kappa shape index (κ3) is 2.70. The fourth-order valence-corrected chi connectivity index (χ4v) is 1.94. The Morgan fingerprint density at radius 1 is 1.35 bits per heavy atom. The summed E-state index contributed by atoms with van der Waals surface area (Å²) in [5.41, 5.74) is 1.10. The van der Waals surface area contributed by atoms with Gasteiger partial charge in [0.1, 0.15) is 13.2 Å². The molecule has 0 bridgehead atoms. The van der Waals surface area contributed by atoms with Crippen molar-refractivity contribution in [2.75, 3.05) is 33.5 Å². The SMILES string of the molecule is CCOCC(NC)c1cccc2c1OCCO2. The maximum atomic E-state index is 5.70. The van der Waals surface area contributed by atoms with E-state index < -0.39 is 0 Å². The molecule has 1 heterocycles. The van der Waals surface area contributed by atoms with Crippen molar-refractivity contribution in [3.8, 4) is 11.5 Å². The van der Waals surface area contributed by atoms with Crippen LogP contribution in [0.2, 0.25) is 0 Å². The summed E-state index contributed by atoms with van der Waals surface area (Å²) in [5, 5.41) is 3.24. The Morgan fingerprint density at radius 3 is 2.94 bits per heavy atom. The number of rotatable bonds is 5. The highest BCUT2D eigenvalue weighted by atomic mass is 16.6. The van der Waals surface area contributed by atoms with Gasteiger partial charge in [0.25, 0.3) is 0 Å². The molecule has 0 aromatic heterocycles. The fraction of sp³-hybridized carbons (Fsp3) is 0.538. The van der Waals surface area contributed by atoms with Crippen LogP contribution in [0, 0.1) is 0 Å². The summed E-state index contributed by atoms with van der Waals surface area (Å²) >= 11 is 0. The maximum Gasteiger partial charge on any atom is 0.166 e. The smallest absolute Gasteiger partial charge is 0.166 e. The molecule has 1 atom stereocenters. The van der Waals surface area contributed by atoms with E-state index in [1.807, 2.05) is 32.2 Å². The molecular weight excluding hydrogens is 218 g/mol. The molecule has 0 amide bonds. The lowest BCUT2D eigenvalue weighted by Gasteiger charge is -2.25. The van der Waals surface area contributed by atoms with Crippen molar-refractivity contribution in [1.82, 2.24) is 5.32 Å². The van der Waals surface area contributed by atoms with E-state index in [-0.39, 0.29) is 6.04 Å². The number of para-hydroxylation sites is 1. The first kappa shape index (κ1) is 12.2. The van der Waals surface area contributed by atoms with Crippen molar-refractivity contribution >= 4 is 0 Å². The van der Waals surface area contributed by atoms with Gasteiger partial charge in [0, 0.05) is 12.2 Å². The lowest BCUT2D eigenvalue weighted by Crippen LogP contribution is -2.24. The minimum Gasteiger partial charge on any atom is -0.486 e. The molecule has 94 valence electrons. The molecular formula is C13H19NO3. The average molecular weight is 237 g/mol. The largest absolute Gasteiger partial charge is 0.486 e. The molecule has 0 saturated carbocycles. The monoisotopic (exact) mass is 237 g/mol. The summed E-state index contributed by atoms with van der Waals surface area (Å²) in [7, 11) is 1.92.